The Balaban J connectivity index is 2.55. The Morgan fingerprint density at radius 3 is 2.37 bits per heavy atom. The van der Waals surface area contributed by atoms with Crippen LogP contribution in [0.15, 0.2) is 12.7 Å². The molecule has 9 nitrogen and oxygen atoms in total. The molecule has 2 heterocycles. The van der Waals surface area contributed by atoms with Crippen LogP contribution in [0.5, 0.6) is 0 Å². The lowest BCUT2D eigenvalue weighted by atomic mass is 9.97. The number of thiocarbonyl (C=S) groups is 1. The number of nitrogens with zero attached hydrogens (tertiary/aromatic N) is 2. The normalized spacial score (nSPS) is 19.2. The van der Waals surface area contributed by atoms with Gasteiger partial charge in [-0.1, -0.05) is 66.1 Å². The molecule has 2 N–H and O–H groups in total. The fourth-order valence-electron chi connectivity index (χ4n) is 4.21. The molecule has 1 aliphatic rings. The summed E-state index contributed by atoms with van der Waals surface area (Å²) in [7, 11) is -4.17. The van der Waals surface area contributed by atoms with Crippen molar-refractivity contribution in [2.45, 2.75) is 116 Å². The van der Waals surface area contributed by atoms with E-state index in [0.29, 0.717) is 19.6 Å². The van der Waals surface area contributed by atoms with Crippen LogP contribution in [0.2, 0.25) is 36.3 Å². The van der Waals surface area contributed by atoms with Crippen LogP contribution in [0.3, 0.4) is 0 Å². The van der Waals surface area contributed by atoms with Crippen molar-refractivity contribution in [1.29, 1.82) is 0 Å². The van der Waals surface area contributed by atoms with Crippen molar-refractivity contribution in [3.8, 4) is 0 Å². The number of carbonyl (C=O) groups excluding carboxylic acids is 1. The number of rotatable bonds is 11. The Morgan fingerprint density at radius 1 is 1.22 bits per heavy atom. The van der Waals surface area contributed by atoms with Gasteiger partial charge in [-0.05, 0) is 61.8 Å². The Morgan fingerprint density at radius 2 is 1.83 bits per heavy atom. The van der Waals surface area contributed by atoms with Crippen LogP contribution in [-0.4, -0.2) is 74.6 Å². The van der Waals surface area contributed by atoms with E-state index in [4.69, 9.17) is 30.5 Å². The van der Waals surface area contributed by atoms with E-state index in [1.807, 2.05) is 13.2 Å². The second-order valence-corrected chi connectivity index (χ2v) is 24.3. The van der Waals surface area contributed by atoms with Crippen molar-refractivity contribution in [2.75, 3.05) is 19.4 Å². The van der Waals surface area contributed by atoms with E-state index in [1.54, 1.807) is 11.0 Å². The first kappa shape index (κ1) is 35.8. The van der Waals surface area contributed by atoms with E-state index in [1.165, 1.54) is 11.9 Å². The predicted octanol–water partition coefficient (Wildman–Crippen LogP) is 7.24. The van der Waals surface area contributed by atoms with Gasteiger partial charge in [0.2, 0.25) is 0 Å². The van der Waals surface area contributed by atoms with Crippen molar-refractivity contribution >= 4 is 52.1 Å². The van der Waals surface area contributed by atoms with Crippen molar-refractivity contribution < 1.29 is 23.1 Å². The van der Waals surface area contributed by atoms with Gasteiger partial charge in [0.05, 0.1) is 30.1 Å². The Bertz CT molecular complexity index is 1070. The van der Waals surface area contributed by atoms with Crippen LogP contribution in [0.25, 0.3) is 0 Å². The van der Waals surface area contributed by atoms with Crippen LogP contribution in [0, 0.1) is 6.92 Å². The van der Waals surface area contributed by atoms with Gasteiger partial charge < -0.3 is 18.3 Å². The molecule has 0 radical (unpaired) electrons. The molecule has 13 heteroatoms. The number of H-pyrrole nitrogens is 1. The summed E-state index contributed by atoms with van der Waals surface area (Å²) in [5, 5.41) is 8.03. The van der Waals surface area contributed by atoms with E-state index in [-0.39, 0.29) is 28.0 Å². The highest BCUT2D eigenvalue weighted by Crippen LogP contribution is 2.42. The summed E-state index contributed by atoms with van der Waals surface area (Å²) in [6, 6.07) is -0.411. The van der Waals surface area contributed by atoms with Crippen LogP contribution < -0.4 is 4.72 Å². The van der Waals surface area contributed by atoms with Gasteiger partial charge in [-0.2, -0.15) is 5.10 Å². The van der Waals surface area contributed by atoms with E-state index >= 15 is 0 Å². The number of ether oxygens (including phenoxy) is 2. The number of nitrogens with one attached hydrogen (secondary N) is 2. The summed E-state index contributed by atoms with van der Waals surface area (Å²) >= 11 is 6.91. The van der Waals surface area contributed by atoms with Crippen molar-refractivity contribution in [2.24, 2.45) is 0 Å². The first-order valence-electron chi connectivity index (χ1n) is 14.1. The minimum atomic E-state index is -2.12. The molecule has 234 valence electrons. The Hall–Kier alpha value is -1.39. The Labute approximate surface area is 259 Å². The topological polar surface area (TPSA) is 97.9 Å². The zero-order valence-corrected chi connectivity index (χ0v) is 30.7. The van der Waals surface area contributed by atoms with Gasteiger partial charge in [-0.3, -0.25) is 14.7 Å². The maximum atomic E-state index is 13.4. The zero-order valence-electron chi connectivity index (χ0n) is 27.1. The van der Waals surface area contributed by atoms with Crippen molar-refractivity contribution in [1.82, 2.24) is 19.8 Å². The molecule has 1 unspecified atom stereocenters. The highest BCUT2D eigenvalue weighted by Gasteiger charge is 2.48. The smallest absolute Gasteiger partial charge is 0.410 e. The van der Waals surface area contributed by atoms with Crippen LogP contribution in [0.1, 0.15) is 71.0 Å². The molecule has 1 saturated heterocycles. The fourth-order valence-corrected chi connectivity index (χ4v) is 7.08. The maximum Gasteiger partial charge on any atom is 0.410 e. The van der Waals surface area contributed by atoms with E-state index < -0.39 is 34.9 Å². The van der Waals surface area contributed by atoms with Crippen molar-refractivity contribution in [3.05, 3.63) is 29.6 Å². The molecule has 1 aromatic rings. The standard InChI is InChI=1S/C28H52N4O5S2Si2/c1-14-15-34-26(33)32-17-20(37-41(12,13)28(6,7)8)16-22(32)24(36-25(38)31-39-9)23-19(2)29-30-21(23)18-35-40(10,11)27(3,4)5/h14,20,22,24H,1,15-18H2,2-13H3,(H,29,30)(H,31,38)/t20-,22+,24?/m1/s1. The molecule has 2 rings (SSSR count). The summed E-state index contributed by atoms with van der Waals surface area (Å²) in [6.07, 6.45) is 2.77. The maximum absolute atomic E-state index is 13.4. The van der Waals surface area contributed by atoms with Gasteiger partial charge >= 0.3 is 6.09 Å². The molecule has 1 amide bonds. The summed E-state index contributed by atoms with van der Waals surface area (Å²) in [6.45, 7) is 28.7. The first-order chi connectivity index (χ1) is 18.8. The molecule has 0 aliphatic carbocycles. The fraction of sp³-hybridized carbons (Fsp3) is 0.750. The van der Waals surface area contributed by atoms with Crippen LogP contribution in [0.4, 0.5) is 4.79 Å². The van der Waals surface area contributed by atoms with Crippen molar-refractivity contribution in [3.63, 3.8) is 0 Å². The number of aromatic amines is 1. The SMILES string of the molecule is C=CCOC(=O)N1C[C@H](O[Si](C)(C)C(C)(C)C)C[C@H]1C(OC(=S)NSC)c1c(C)n[nH]c1CO[Si](C)(C)C(C)(C)C. The molecule has 0 bridgehead atoms. The number of hydrogen-bond acceptors (Lipinski definition) is 8. The second-order valence-electron chi connectivity index (χ2n) is 13.7. The van der Waals surface area contributed by atoms with E-state index in [2.05, 4.69) is 89.2 Å². The van der Waals surface area contributed by atoms with Gasteiger partial charge in [0.25, 0.3) is 5.17 Å². The molecule has 0 aromatic carbocycles. The number of aromatic nitrogens is 2. The number of carbonyl (C=O) groups is 1. The van der Waals surface area contributed by atoms with Gasteiger partial charge in [-0.15, -0.1) is 0 Å². The molecule has 3 atom stereocenters. The molecule has 1 fully saturated rings. The average molecular weight is 645 g/mol. The van der Waals surface area contributed by atoms with E-state index in [0.717, 1.165) is 17.0 Å². The molecule has 41 heavy (non-hydrogen) atoms. The third-order valence-electron chi connectivity index (χ3n) is 8.64. The van der Waals surface area contributed by atoms with Gasteiger partial charge in [0.15, 0.2) is 22.7 Å². The lowest BCUT2D eigenvalue weighted by molar-refractivity contribution is 0.0605. The summed E-state index contributed by atoms with van der Waals surface area (Å²) in [5.41, 5.74) is 2.43. The number of aryl methyl sites for hydroxylation is 1. The van der Waals surface area contributed by atoms with E-state index in [9.17, 15) is 4.79 Å². The van der Waals surface area contributed by atoms with Gasteiger partial charge in [-0.25, -0.2) is 4.79 Å². The molecular weight excluding hydrogens is 593 g/mol. The number of hydrogen-bond donors (Lipinski definition) is 2. The minimum Gasteiger partial charge on any atom is -0.460 e. The first-order valence-corrected chi connectivity index (χ1v) is 21.6. The van der Waals surface area contributed by atoms with Gasteiger partial charge in [0.1, 0.15) is 6.61 Å². The zero-order chi connectivity index (χ0) is 31.4. The highest BCUT2D eigenvalue weighted by molar-refractivity contribution is 7.98. The minimum absolute atomic E-state index is 0.0222. The molecule has 1 aliphatic heterocycles. The molecule has 0 saturated carbocycles. The number of amides is 1. The lowest BCUT2D eigenvalue weighted by Crippen LogP contribution is -2.45. The third-order valence-corrected chi connectivity index (χ3v) is 18.4. The summed E-state index contributed by atoms with van der Waals surface area (Å²) in [5.74, 6) is 0. The van der Waals surface area contributed by atoms with Gasteiger partial charge in [0, 0.05) is 18.4 Å². The average Bonchev–Trinajstić information content (AvgIpc) is 3.41. The Kier molecular flexibility index (Phi) is 12.2. The second kappa shape index (κ2) is 13.9. The molecule has 0 spiro atoms. The quantitative estimate of drug-likeness (QED) is 0.112. The van der Waals surface area contributed by atoms with Crippen LogP contribution in [-0.2, 0) is 24.9 Å². The monoisotopic (exact) mass is 644 g/mol. The highest BCUT2D eigenvalue weighted by atomic mass is 32.2. The summed E-state index contributed by atoms with van der Waals surface area (Å²) in [4.78, 5) is 15.1. The molecular formula is C28H52N4O5S2Si2. The number of likely N-dealkylation sites (tertiary alicyclic amines) is 1. The third kappa shape index (κ3) is 9.05. The van der Waals surface area contributed by atoms with Crippen LogP contribution >= 0.6 is 24.2 Å². The largest absolute Gasteiger partial charge is 0.460 e. The molecule has 1 aromatic heterocycles. The summed E-state index contributed by atoms with van der Waals surface area (Å²) < 4.78 is 28.4. The predicted molar refractivity (Wildman–Crippen MR) is 177 cm³/mol. The lowest BCUT2D eigenvalue weighted by Gasteiger charge is -2.38.